The van der Waals surface area contributed by atoms with Crippen LogP contribution in [0.25, 0.3) is 34.1 Å². The summed E-state index contributed by atoms with van der Waals surface area (Å²) in [5.41, 5.74) is 2.92. The van der Waals surface area contributed by atoms with Gasteiger partial charge in [-0.25, -0.2) is 14.8 Å². The van der Waals surface area contributed by atoms with E-state index in [0.29, 0.717) is 35.5 Å². The second-order valence-electron chi connectivity index (χ2n) is 10.3. The number of hydrogen-bond donors (Lipinski definition) is 1. The molecule has 1 aliphatic heterocycles. The van der Waals surface area contributed by atoms with Crippen molar-refractivity contribution in [2.24, 2.45) is 11.8 Å². The molecule has 1 atom stereocenters. The van der Waals surface area contributed by atoms with E-state index in [1.54, 1.807) is 0 Å². The summed E-state index contributed by atoms with van der Waals surface area (Å²) in [7, 11) is 0. The van der Waals surface area contributed by atoms with Gasteiger partial charge >= 0.3 is 5.76 Å². The largest absolute Gasteiger partial charge is 0.439 e. The lowest BCUT2D eigenvalue weighted by Crippen LogP contribution is -2.45. The average molecular weight is 524 g/mol. The maximum atomic E-state index is 11.7. The van der Waals surface area contributed by atoms with E-state index < -0.39 is 5.76 Å². The summed E-state index contributed by atoms with van der Waals surface area (Å²) in [4.78, 5) is 31.2. The van der Waals surface area contributed by atoms with Crippen LogP contribution in [0.2, 0.25) is 5.02 Å². The number of H-pyrrole nitrogens is 1. The number of aromatic nitrogens is 6. The highest BCUT2D eigenvalue weighted by molar-refractivity contribution is 6.30. The number of nitrogens with zero attached hydrogens (tertiary/aromatic N) is 6. The van der Waals surface area contributed by atoms with Gasteiger partial charge in [0.05, 0.1) is 19.3 Å². The van der Waals surface area contributed by atoms with Crippen molar-refractivity contribution in [3.05, 3.63) is 39.8 Å². The van der Waals surface area contributed by atoms with Crippen LogP contribution in [0.15, 0.2) is 33.6 Å². The Labute approximate surface area is 219 Å². The van der Waals surface area contributed by atoms with E-state index in [1.165, 1.54) is 25.7 Å². The zero-order valence-electron chi connectivity index (χ0n) is 21.0. The van der Waals surface area contributed by atoms with E-state index in [-0.39, 0.29) is 17.7 Å². The minimum Gasteiger partial charge on any atom is -0.377 e. The lowest BCUT2D eigenvalue weighted by Gasteiger charge is -2.35. The van der Waals surface area contributed by atoms with Crippen molar-refractivity contribution >= 4 is 28.7 Å². The highest BCUT2D eigenvalue weighted by Crippen LogP contribution is 2.36. The summed E-state index contributed by atoms with van der Waals surface area (Å²) in [6, 6.07) is 7.76. The second-order valence-corrected chi connectivity index (χ2v) is 10.7. The first-order valence-corrected chi connectivity index (χ1v) is 13.3. The molecule has 37 heavy (non-hydrogen) atoms. The number of anilines is 1. The predicted octanol–water partition coefficient (Wildman–Crippen LogP) is 4.54. The van der Waals surface area contributed by atoms with Crippen LogP contribution in [-0.2, 0) is 11.3 Å². The van der Waals surface area contributed by atoms with Gasteiger partial charge in [0.2, 0.25) is 17.6 Å². The highest BCUT2D eigenvalue weighted by atomic mass is 35.5. The molecule has 6 rings (SSSR count). The van der Waals surface area contributed by atoms with Crippen LogP contribution in [0.3, 0.4) is 0 Å². The molecule has 1 saturated heterocycles. The number of nitrogens with one attached hydrogen (secondary N) is 1. The fourth-order valence-electron chi connectivity index (χ4n) is 5.48. The van der Waals surface area contributed by atoms with Crippen molar-refractivity contribution < 1.29 is 9.26 Å². The van der Waals surface area contributed by atoms with Gasteiger partial charge < -0.3 is 14.2 Å². The molecule has 194 valence electrons. The Hall–Kier alpha value is -3.24. The van der Waals surface area contributed by atoms with Crippen LogP contribution in [-0.4, -0.2) is 55.5 Å². The summed E-state index contributed by atoms with van der Waals surface area (Å²) >= 11 is 6.40. The first-order chi connectivity index (χ1) is 18.0. The number of halogens is 1. The van der Waals surface area contributed by atoms with Crippen molar-refractivity contribution in [2.75, 3.05) is 24.7 Å². The smallest absolute Gasteiger partial charge is 0.377 e. The van der Waals surface area contributed by atoms with E-state index in [0.717, 1.165) is 36.0 Å². The zero-order valence-corrected chi connectivity index (χ0v) is 21.7. The minimum absolute atomic E-state index is 0.160. The summed E-state index contributed by atoms with van der Waals surface area (Å²) < 4.78 is 12.7. The number of rotatable bonds is 5. The molecule has 1 N–H and O–H groups in total. The Bertz CT molecular complexity index is 1470. The van der Waals surface area contributed by atoms with Gasteiger partial charge in [0, 0.05) is 23.7 Å². The lowest BCUT2D eigenvalue weighted by molar-refractivity contribution is 0.0976. The molecule has 2 fully saturated rings. The summed E-state index contributed by atoms with van der Waals surface area (Å²) in [5.74, 6) is 1.92. The third kappa shape index (κ3) is 4.75. The molecular weight excluding hydrogens is 494 g/mol. The average Bonchev–Trinajstić information content (AvgIpc) is 3.49. The van der Waals surface area contributed by atoms with E-state index in [2.05, 4.69) is 33.5 Å². The number of hydrogen-bond acceptors (Lipinski definition) is 8. The topological polar surface area (TPSA) is 115 Å². The Kier molecular flexibility index (Phi) is 6.46. The molecule has 4 heterocycles. The maximum Gasteiger partial charge on any atom is 0.439 e. The lowest BCUT2D eigenvalue weighted by atomic mass is 9.83. The van der Waals surface area contributed by atoms with Crippen molar-refractivity contribution in [1.82, 2.24) is 29.7 Å². The molecule has 1 aromatic carbocycles. The molecule has 1 aliphatic carbocycles. The third-order valence-corrected chi connectivity index (χ3v) is 7.77. The van der Waals surface area contributed by atoms with E-state index in [1.807, 2.05) is 24.3 Å². The van der Waals surface area contributed by atoms with Gasteiger partial charge in [0.15, 0.2) is 5.65 Å². The quantitative estimate of drug-likeness (QED) is 0.405. The second kappa shape index (κ2) is 9.90. The number of morpholine rings is 1. The van der Waals surface area contributed by atoms with E-state index in [9.17, 15) is 4.79 Å². The minimum atomic E-state index is -0.664. The van der Waals surface area contributed by atoms with Gasteiger partial charge in [-0.05, 0) is 43.7 Å². The fraction of sp³-hybridized carbons (Fsp3) is 0.500. The highest BCUT2D eigenvalue weighted by Gasteiger charge is 2.30. The number of benzene rings is 1. The van der Waals surface area contributed by atoms with Gasteiger partial charge in [0.25, 0.3) is 0 Å². The van der Waals surface area contributed by atoms with Gasteiger partial charge in [-0.2, -0.15) is 4.98 Å². The van der Waals surface area contributed by atoms with Crippen LogP contribution >= 0.6 is 11.6 Å². The van der Waals surface area contributed by atoms with Gasteiger partial charge in [0.1, 0.15) is 11.2 Å². The molecule has 0 spiro atoms. The monoisotopic (exact) mass is 523 g/mol. The molecule has 11 heteroatoms. The molecule has 0 radical (unpaired) electrons. The van der Waals surface area contributed by atoms with Crippen molar-refractivity contribution in [3.8, 4) is 22.9 Å². The van der Waals surface area contributed by atoms with Crippen molar-refractivity contribution in [1.29, 1.82) is 0 Å². The number of imidazole rings is 1. The van der Waals surface area contributed by atoms with E-state index >= 15 is 0 Å². The van der Waals surface area contributed by atoms with Crippen molar-refractivity contribution in [3.63, 3.8) is 0 Å². The zero-order chi connectivity index (χ0) is 25.5. The standard InChI is InChI=1S/C26H30ClN7O3/c1-15-6-8-17(9-7-15)13-34-21-20(18-4-3-5-19(27)12-18)28-23(24-31-26(35)37-32-24)29-22(21)30-25(34)33-10-11-36-14-16(33)2/h3-5,12,15-17H,6-11,13-14H2,1-2H3,(H,31,32,35)/t15-,16-,17-/m1/s1. The Morgan fingerprint density at radius 1 is 1.14 bits per heavy atom. The van der Waals surface area contributed by atoms with E-state index in [4.69, 9.17) is 35.8 Å². The van der Waals surface area contributed by atoms with Crippen LogP contribution in [0.1, 0.15) is 39.5 Å². The Morgan fingerprint density at radius 3 is 2.70 bits per heavy atom. The van der Waals surface area contributed by atoms with Crippen LogP contribution < -0.4 is 10.7 Å². The van der Waals surface area contributed by atoms with Gasteiger partial charge in [-0.15, -0.1) is 0 Å². The van der Waals surface area contributed by atoms with Gasteiger partial charge in [-0.1, -0.05) is 48.7 Å². The third-order valence-electron chi connectivity index (χ3n) is 7.53. The normalized spacial score (nSPS) is 22.6. The summed E-state index contributed by atoms with van der Waals surface area (Å²) in [5, 5.41) is 4.43. The molecule has 0 amide bonds. The molecule has 3 aromatic heterocycles. The SMILES string of the molecule is C[C@@H]1COCCN1c1nc2nc(-c3noc(=O)[nH]3)nc(-c3cccc(Cl)c3)c2n1C[C@H]1CC[C@H](C)CC1. The van der Waals surface area contributed by atoms with Gasteiger partial charge in [-0.3, -0.25) is 9.51 Å². The molecule has 2 aliphatic rings. The van der Waals surface area contributed by atoms with Crippen LogP contribution in [0.5, 0.6) is 0 Å². The Morgan fingerprint density at radius 2 is 1.97 bits per heavy atom. The summed E-state index contributed by atoms with van der Waals surface area (Å²) in [6.07, 6.45) is 4.85. The number of ether oxygens (including phenoxy) is 1. The molecule has 10 nitrogen and oxygen atoms in total. The van der Waals surface area contributed by atoms with Crippen LogP contribution in [0, 0.1) is 11.8 Å². The fourth-order valence-corrected chi connectivity index (χ4v) is 5.67. The molecule has 4 aromatic rings. The van der Waals surface area contributed by atoms with Crippen molar-refractivity contribution in [2.45, 2.75) is 52.1 Å². The molecular formula is C26H30ClN7O3. The molecule has 0 bridgehead atoms. The maximum absolute atomic E-state index is 11.7. The molecule has 1 saturated carbocycles. The number of aromatic amines is 1. The Balaban J connectivity index is 1.58. The number of fused-ring (bicyclic) bond motifs is 1. The first-order valence-electron chi connectivity index (χ1n) is 12.9. The van der Waals surface area contributed by atoms with Crippen LogP contribution in [0.4, 0.5) is 5.95 Å². The first kappa shape index (κ1) is 24.1. The predicted molar refractivity (Wildman–Crippen MR) is 141 cm³/mol. The molecule has 0 unspecified atom stereocenters. The summed E-state index contributed by atoms with van der Waals surface area (Å²) in [6.45, 7) is 7.36.